The normalized spacial score (nSPS) is 28.9. The van der Waals surface area contributed by atoms with Gasteiger partial charge < -0.3 is 4.90 Å². The van der Waals surface area contributed by atoms with Crippen LogP contribution in [-0.2, 0) is 5.33 Å². The third-order valence-electron chi connectivity index (χ3n) is 5.01. The molecule has 0 spiro atoms. The summed E-state index contributed by atoms with van der Waals surface area (Å²) in [5.41, 5.74) is 2.65. The van der Waals surface area contributed by atoms with Crippen molar-refractivity contribution in [3.63, 3.8) is 0 Å². The molecule has 0 radical (unpaired) electrons. The van der Waals surface area contributed by atoms with E-state index in [2.05, 4.69) is 62.0 Å². The third-order valence-corrected chi connectivity index (χ3v) is 6.36. The summed E-state index contributed by atoms with van der Waals surface area (Å²) >= 11 is 7.18. The molecule has 0 amide bonds. The lowest BCUT2D eigenvalue weighted by Crippen LogP contribution is -2.28. The molecule has 2 bridgehead atoms. The average Bonchev–Trinajstić information content (AvgIpc) is 3.00. The lowest BCUT2D eigenvalue weighted by molar-refractivity contribution is 0.337. The van der Waals surface area contributed by atoms with Crippen molar-refractivity contribution < 1.29 is 0 Å². The van der Waals surface area contributed by atoms with Gasteiger partial charge in [0.05, 0.1) is 0 Å². The molecule has 3 heteroatoms. The lowest BCUT2D eigenvalue weighted by atomic mass is 9.88. The zero-order valence-corrected chi connectivity index (χ0v) is 14.6. The van der Waals surface area contributed by atoms with Crippen molar-refractivity contribution in [1.29, 1.82) is 0 Å². The van der Waals surface area contributed by atoms with E-state index in [4.69, 9.17) is 0 Å². The van der Waals surface area contributed by atoms with Gasteiger partial charge in [0.25, 0.3) is 0 Å². The summed E-state index contributed by atoms with van der Waals surface area (Å²) in [4.78, 5) is 2.44. The SMILES string of the molecule is CN(CC1CC2CCC1C2)c1ccc(CBr)c(Br)c1. The highest BCUT2D eigenvalue weighted by atomic mass is 79.9. The Labute approximate surface area is 133 Å². The number of halogens is 2. The summed E-state index contributed by atoms with van der Waals surface area (Å²) in [7, 11) is 2.24. The summed E-state index contributed by atoms with van der Waals surface area (Å²) in [6.07, 6.45) is 5.95. The third kappa shape index (κ3) is 2.87. The predicted octanol–water partition coefficient (Wildman–Crippen LogP) is 5.22. The molecule has 0 aliphatic heterocycles. The van der Waals surface area contributed by atoms with Crippen LogP contribution in [-0.4, -0.2) is 13.6 Å². The van der Waals surface area contributed by atoms with Crippen molar-refractivity contribution in [1.82, 2.24) is 0 Å². The summed E-state index contributed by atoms with van der Waals surface area (Å²) in [5.74, 6) is 2.99. The van der Waals surface area contributed by atoms with Crippen molar-refractivity contribution in [2.45, 2.75) is 31.0 Å². The van der Waals surface area contributed by atoms with E-state index in [0.717, 1.165) is 23.1 Å². The van der Waals surface area contributed by atoms with Gasteiger partial charge in [0.2, 0.25) is 0 Å². The lowest BCUT2D eigenvalue weighted by Gasteiger charge is -2.28. The Morgan fingerprint density at radius 2 is 2.11 bits per heavy atom. The molecule has 0 heterocycles. The zero-order chi connectivity index (χ0) is 13.4. The van der Waals surface area contributed by atoms with Crippen molar-refractivity contribution in [3.8, 4) is 0 Å². The van der Waals surface area contributed by atoms with Crippen LogP contribution < -0.4 is 4.90 Å². The molecule has 3 unspecified atom stereocenters. The fourth-order valence-electron chi connectivity index (χ4n) is 3.94. The van der Waals surface area contributed by atoms with Gasteiger partial charge in [-0.05, 0) is 54.7 Å². The number of hydrogen-bond acceptors (Lipinski definition) is 1. The number of fused-ring (bicyclic) bond motifs is 2. The molecule has 1 aromatic carbocycles. The van der Waals surface area contributed by atoms with Gasteiger partial charge in [-0.3, -0.25) is 0 Å². The van der Waals surface area contributed by atoms with Gasteiger partial charge >= 0.3 is 0 Å². The Hall–Kier alpha value is -0.0200. The molecule has 0 aromatic heterocycles. The van der Waals surface area contributed by atoms with Crippen LogP contribution in [0.15, 0.2) is 22.7 Å². The summed E-state index contributed by atoms with van der Waals surface area (Å²) in [5, 5.41) is 0.907. The Morgan fingerprint density at radius 1 is 1.26 bits per heavy atom. The van der Waals surface area contributed by atoms with E-state index in [1.165, 1.54) is 48.0 Å². The first-order valence-corrected chi connectivity index (χ1v) is 9.14. The number of anilines is 1. The smallest absolute Gasteiger partial charge is 0.0375 e. The molecule has 2 saturated carbocycles. The van der Waals surface area contributed by atoms with Crippen LogP contribution in [0.2, 0.25) is 0 Å². The van der Waals surface area contributed by atoms with Crippen LogP contribution in [0.25, 0.3) is 0 Å². The van der Waals surface area contributed by atoms with Crippen LogP contribution in [0.3, 0.4) is 0 Å². The highest BCUT2D eigenvalue weighted by Crippen LogP contribution is 2.48. The van der Waals surface area contributed by atoms with Crippen molar-refractivity contribution in [2.24, 2.45) is 17.8 Å². The monoisotopic (exact) mass is 385 g/mol. The number of benzene rings is 1. The minimum absolute atomic E-state index is 0.907. The average molecular weight is 387 g/mol. The molecule has 0 N–H and O–H groups in total. The second kappa shape index (κ2) is 5.77. The van der Waals surface area contributed by atoms with Gasteiger partial charge in [-0.1, -0.05) is 44.3 Å². The number of rotatable bonds is 4. The molecule has 1 nitrogen and oxygen atoms in total. The van der Waals surface area contributed by atoms with Gasteiger partial charge in [0.1, 0.15) is 0 Å². The Balaban J connectivity index is 1.67. The van der Waals surface area contributed by atoms with Crippen LogP contribution >= 0.6 is 31.9 Å². The maximum absolute atomic E-state index is 3.66. The standard InChI is InChI=1S/C16H21Br2N/c1-19(10-14-7-11-2-3-12(14)6-11)15-5-4-13(9-17)16(18)8-15/h4-5,8,11-12,14H,2-3,6-7,9-10H2,1H3. The largest absolute Gasteiger partial charge is 0.374 e. The molecule has 19 heavy (non-hydrogen) atoms. The topological polar surface area (TPSA) is 3.24 Å². The van der Waals surface area contributed by atoms with Gasteiger partial charge in [0.15, 0.2) is 0 Å². The second-order valence-electron chi connectivity index (χ2n) is 6.22. The quantitative estimate of drug-likeness (QED) is 0.641. The molecule has 104 valence electrons. The predicted molar refractivity (Wildman–Crippen MR) is 89.0 cm³/mol. The van der Waals surface area contributed by atoms with Gasteiger partial charge in [-0.25, -0.2) is 0 Å². The molecule has 1 aromatic rings. The summed E-state index contributed by atoms with van der Waals surface area (Å²) in [6, 6.07) is 6.71. The van der Waals surface area contributed by atoms with Crippen LogP contribution in [0.4, 0.5) is 5.69 Å². The van der Waals surface area contributed by atoms with E-state index < -0.39 is 0 Å². The molecule has 2 aliphatic carbocycles. The van der Waals surface area contributed by atoms with Crippen molar-refractivity contribution in [2.75, 3.05) is 18.5 Å². The maximum atomic E-state index is 3.66. The molecule has 0 saturated heterocycles. The summed E-state index contributed by atoms with van der Waals surface area (Å²) < 4.78 is 1.21. The Morgan fingerprint density at radius 3 is 2.68 bits per heavy atom. The van der Waals surface area contributed by atoms with Gasteiger partial charge in [-0.15, -0.1) is 0 Å². The first-order chi connectivity index (χ1) is 9.17. The van der Waals surface area contributed by atoms with Gasteiger partial charge in [0, 0.05) is 29.1 Å². The fraction of sp³-hybridized carbons (Fsp3) is 0.625. The minimum Gasteiger partial charge on any atom is -0.374 e. The molecule has 3 rings (SSSR count). The van der Waals surface area contributed by atoms with Crippen molar-refractivity contribution in [3.05, 3.63) is 28.2 Å². The molecule has 2 aliphatic rings. The van der Waals surface area contributed by atoms with Crippen molar-refractivity contribution >= 4 is 37.5 Å². The number of nitrogens with zero attached hydrogens (tertiary/aromatic N) is 1. The first kappa shape index (κ1) is 13.9. The molecular weight excluding hydrogens is 366 g/mol. The van der Waals surface area contributed by atoms with E-state index in [0.29, 0.717) is 0 Å². The van der Waals surface area contributed by atoms with Crippen LogP contribution in [0.1, 0.15) is 31.2 Å². The van der Waals surface area contributed by atoms with Gasteiger partial charge in [-0.2, -0.15) is 0 Å². The molecule has 3 atom stereocenters. The molecule has 2 fully saturated rings. The van der Waals surface area contributed by atoms with Crippen LogP contribution in [0.5, 0.6) is 0 Å². The maximum Gasteiger partial charge on any atom is 0.0375 e. The zero-order valence-electron chi connectivity index (χ0n) is 11.4. The van der Waals surface area contributed by atoms with E-state index in [9.17, 15) is 0 Å². The summed E-state index contributed by atoms with van der Waals surface area (Å²) in [6.45, 7) is 1.22. The van der Waals surface area contributed by atoms with E-state index in [-0.39, 0.29) is 0 Å². The number of hydrogen-bond donors (Lipinski definition) is 0. The highest BCUT2D eigenvalue weighted by Gasteiger charge is 2.39. The number of alkyl halides is 1. The Bertz CT molecular complexity index is 460. The minimum atomic E-state index is 0.907. The van der Waals surface area contributed by atoms with Crippen LogP contribution in [0, 0.1) is 17.8 Å². The van der Waals surface area contributed by atoms with E-state index in [1.54, 1.807) is 0 Å². The highest BCUT2D eigenvalue weighted by molar-refractivity contribution is 9.10. The Kier molecular flexibility index (Phi) is 4.23. The molecular formula is C16H21Br2N. The fourth-order valence-corrected chi connectivity index (χ4v) is 5.31. The second-order valence-corrected chi connectivity index (χ2v) is 7.64. The first-order valence-electron chi connectivity index (χ1n) is 7.23. The van der Waals surface area contributed by atoms with E-state index >= 15 is 0 Å². The van der Waals surface area contributed by atoms with E-state index in [1.807, 2.05) is 0 Å².